The predicted octanol–water partition coefficient (Wildman–Crippen LogP) is -2.72. The van der Waals surface area contributed by atoms with E-state index in [1.807, 2.05) is 0 Å². The molecule has 24 heavy (non-hydrogen) atoms. The molecule has 0 amide bonds. The van der Waals surface area contributed by atoms with E-state index in [1.165, 1.54) is 6.26 Å². The molecule has 1 saturated carbocycles. The van der Waals surface area contributed by atoms with Crippen molar-refractivity contribution in [3.63, 3.8) is 0 Å². The molecule has 0 radical (unpaired) electrons. The number of rotatable bonds is 4. The van der Waals surface area contributed by atoms with Crippen molar-refractivity contribution >= 4 is 0 Å². The van der Waals surface area contributed by atoms with Gasteiger partial charge in [0.15, 0.2) is 6.29 Å². The normalized spacial score (nSPS) is 51.2. The van der Waals surface area contributed by atoms with E-state index >= 15 is 0 Å². The smallest absolute Gasteiger partial charge is 0.205 e. The Labute approximate surface area is 138 Å². The summed E-state index contributed by atoms with van der Waals surface area (Å²) in [5.41, 5.74) is 0. The van der Waals surface area contributed by atoms with Crippen molar-refractivity contribution < 1.29 is 44.8 Å². The molecule has 0 aromatic carbocycles. The van der Waals surface area contributed by atoms with E-state index in [1.54, 1.807) is 6.08 Å². The second kappa shape index (κ2) is 7.22. The number of hydrogen-bond donors (Lipinski definition) is 6. The number of allylic oxidation sites excluding steroid dienone is 1. The van der Waals surface area contributed by atoms with E-state index in [-0.39, 0.29) is 18.4 Å². The summed E-state index contributed by atoms with van der Waals surface area (Å²) in [4.78, 5) is 0. The van der Waals surface area contributed by atoms with E-state index in [0.29, 0.717) is 6.42 Å². The minimum absolute atomic E-state index is 0.0548. The predicted molar refractivity (Wildman–Crippen MR) is 77.0 cm³/mol. The zero-order valence-electron chi connectivity index (χ0n) is 13.0. The molecule has 2 aliphatic heterocycles. The fourth-order valence-electron chi connectivity index (χ4n) is 3.79. The lowest BCUT2D eigenvalue weighted by Crippen LogP contribution is -2.60. The number of aliphatic hydroxyl groups is 6. The van der Waals surface area contributed by atoms with Gasteiger partial charge in [0.25, 0.3) is 0 Å². The third kappa shape index (κ3) is 3.06. The fraction of sp³-hybridized carbons (Fsp3) is 0.867. The van der Waals surface area contributed by atoms with Gasteiger partial charge in [0.1, 0.15) is 24.4 Å². The molecular weight excluding hydrogens is 324 g/mol. The lowest BCUT2D eigenvalue weighted by atomic mass is 9.87. The highest BCUT2D eigenvalue weighted by atomic mass is 16.8. The number of fused-ring (bicyclic) bond motifs is 1. The van der Waals surface area contributed by atoms with Crippen molar-refractivity contribution in [2.45, 2.75) is 49.5 Å². The number of hydrogen-bond acceptors (Lipinski definition) is 9. The van der Waals surface area contributed by atoms with Gasteiger partial charge in [-0.25, -0.2) is 0 Å². The monoisotopic (exact) mass is 348 g/mol. The summed E-state index contributed by atoms with van der Waals surface area (Å²) >= 11 is 0. The second-order valence-electron chi connectivity index (χ2n) is 6.56. The Morgan fingerprint density at radius 1 is 0.958 bits per heavy atom. The fourth-order valence-corrected chi connectivity index (χ4v) is 3.79. The lowest BCUT2D eigenvalue weighted by Gasteiger charge is -2.42. The van der Waals surface area contributed by atoms with Crippen LogP contribution in [-0.2, 0) is 14.2 Å². The molecule has 0 aromatic heterocycles. The van der Waals surface area contributed by atoms with Crippen LogP contribution in [0.2, 0.25) is 0 Å². The van der Waals surface area contributed by atoms with Crippen molar-refractivity contribution in [2.75, 3.05) is 13.2 Å². The first-order chi connectivity index (χ1) is 11.5. The van der Waals surface area contributed by atoms with Crippen molar-refractivity contribution in [1.29, 1.82) is 0 Å². The van der Waals surface area contributed by atoms with Crippen molar-refractivity contribution in [2.24, 2.45) is 17.8 Å². The van der Waals surface area contributed by atoms with Gasteiger partial charge < -0.3 is 44.8 Å². The molecular formula is C15H24O9. The van der Waals surface area contributed by atoms with Crippen molar-refractivity contribution in [3.05, 3.63) is 12.3 Å². The van der Waals surface area contributed by atoms with Gasteiger partial charge >= 0.3 is 0 Å². The third-order valence-electron chi connectivity index (χ3n) is 5.18. The summed E-state index contributed by atoms with van der Waals surface area (Å²) in [5, 5.41) is 58.5. The first-order valence-electron chi connectivity index (χ1n) is 8.05. The minimum atomic E-state index is -1.54. The molecule has 9 heteroatoms. The maximum absolute atomic E-state index is 10.1. The SMILES string of the molecule is OC[C@@H]1[C@H]2[C@H](O[C@@H]3O[C@H](CO)[C@@H](O)[C@H](O)[C@H]3O)OC=C[C@H]2C[C@@H]1O. The number of aliphatic hydroxyl groups excluding tert-OH is 6. The largest absolute Gasteiger partial charge is 0.472 e. The topological polar surface area (TPSA) is 149 Å². The molecule has 0 spiro atoms. The zero-order chi connectivity index (χ0) is 17.4. The van der Waals surface area contributed by atoms with E-state index in [2.05, 4.69) is 0 Å². The zero-order valence-corrected chi connectivity index (χ0v) is 13.0. The Bertz CT molecular complexity index is 456. The summed E-state index contributed by atoms with van der Waals surface area (Å²) in [5.74, 6) is -0.849. The minimum Gasteiger partial charge on any atom is -0.472 e. The Morgan fingerprint density at radius 2 is 1.71 bits per heavy atom. The Morgan fingerprint density at radius 3 is 2.38 bits per heavy atom. The molecule has 0 unspecified atom stereocenters. The summed E-state index contributed by atoms with van der Waals surface area (Å²) in [6, 6.07) is 0. The van der Waals surface area contributed by atoms with Gasteiger partial charge in [-0.3, -0.25) is 0 Å². The Kier molecular flexibility index (Phi) is 5.42. The van der Waals surface area contributed by atoms with Gasteiger partial charge in [-0.15, -0.1) is 0 Å². The molecule has 10 atom stereocenters. The van der Waals surface area contributed by atoms with E-state index in [9.17, 15) is 30.6 Å². The van der Waals surface area contributed by atoms with Crippen LogP contribution in [0.4, 0.5) is 0 Å². The molecule has 0 bridgehead atoms. The van der Waals surface area contributed by atoms with E-state index in [0.717, 1.165) is 0 Å². The van der Waals surface area contributed by atoms with Crippen LogP contribution < -0.4 is 0 Å². The average molecular weight is 348 g/mol. The maximum Gasteiger partial charge on any atom is 0.205 e. The van der Waals surface area contributed by atoms with Crippen molar-refractivity contribution in [3.8, 4) is 0 Å². The van der Waals surface area contributed by atoms with Gasteiger partial charge in [-0.2, -0.15) is 0 Å². The number of ether oxygens (including phenoxy) is 3. The summed E-state index contributed by atoms with van der Waals surface area (Å²) in [7, 11) is 0. The van der Waals surface area contributed by atoms with Crippen molar-refractivity contribution in [1.82, 2.24) is 0 Å². The second-order valence-corrected chi connectivity index (χ2v) is 6.56. The van der Waals surface area contributed by atoms with Gasteiger partial charge in [0.05, 0.1) is 19.0 Å². The molecule has 3 aliphatic rings. The highest BCUT2D eigenvalue weighted by Crippen LogP contribution is 2.44. The van der Waals surface area contributed by atoms with Crippen LogP contribution in [0.25, 0.3) is 0 Å². The van der Waals surface area contributed by atoms with Crippen LogP contribution in [0, 0.1) is 17.8 Å². The molecule has 1 saturated heterocycles. The average Bonchev–Trinajstić information content (AvgIpc) is 2.91. The van der Waals surface area contributed by atoms with Gasteiger partial charge in [-0.1, -0.05) is 0 Å². The first kappa shape index (κ1) is 18.0. The van der Waals surface area contributed by atoms with Gasteiger partial charge in [0, 0.05) is 18.4 Å². The highest BCUT2D eigenvalue weighted by molar-refractivity contribution is 5.04. The molecule has 138 valence electrons. The Hall–Kier alpha value is -0.780. The van der Waals surface area contributed by atoms with E-state index < -0.39 is 55.6 Å². The molecule has 0 aromatic rings. The van der Waals surface area contributed by atoms with Crippen LogP contribution in [0.1, 0.15) is 6.42 Å². The molecule has 2 fully saturated rings. The van der Waals surface area contributed by atoms with Gasteiger partial charge in [0.2, 0.25) is 6.29 Å². The van der Waals surface area contributed by atoms with E-state index in [4.69, 9.17) is 14.2 Å². The quantitative estimate of drug-likeness (QED) is 0.318. The molecule has 1 aliphatic carbocycles. The lowest BCUT2D eigenvalue weighted by molar-refractivity contribution is -0.342. The van der Waals surface area contributed by atoms with Crippen LogP contribution in [0.15, 0.2) is 12.3 Å². The summed E-state index contributed by atoms with van der Waals surface area (Å²) in [6.07, 6.45) is -4.87. The molecule has 6 N–H and O–H groups in total. The first-order valence-corrected chi connectivity index (χ1v) is 8.05. The van der Waals surface area contributed by atoms with Crippen LogP contribution in [0.5, 0.6) is 0 Å². The summed E-state index contributed by atoms with van der Waals surface area (Å²) < 4.78 is 16.4. The standard InChI is InChI=1S/C15H24O9/c16-4-7-8(18)3-6-1-2-22-14(10(6)7)24-15-13(21)12(20)11(19)9(5-17)23-15/h1-2,6-21H,3-5H2/t6-,7-,8-,9+,10-,11+,12-,13+,14-,15-/m0/s1. The van der Waals surface area contributed by atoms with Crippen LogP contribution in [-0.4, -0.2) is 87.0 Å². The highest BCUT2D eigenvalue weighted by Gasteiger charge is 2.51. The Balaban J connectivity index is 1.73. The van der Waals surface area contributed by atoms with Crippen LogP contribution >= 0.6 is 0 Å². The van der Waals surface area contributed by atoms with Gasteiger partial charge in [-0.05, 0) is 18.4 Å². The molecule has 9 nitrogen and oxygen atoms in total. The maximum atomic E-state index is 10.1. The third-order valence-corrected chi connectivity index (χ3v) is 5.18. The molecule has 3 rings (SSSR count). The van der Waals surface area contributed by atoms with Crippen LogP contribution in [0.3, 0.4) is 0 Å². The summed E-state index contributed by atoms with van der Waals surface area (Å²) in [6.45, 7) is -0.797. The molecule has 2 heterocycles.